The molecule has 2 nitrogen and oxygen atoms in total. The quantitative estimate of drug-likeness (QED) is 0.737. The highest BCUT2D eigenvalue weighted by Crippen LogP contribution is 2.42. The molecule has 1 spiro atoms. The summed E-state index contributed by atoms with van der Waals surface area (Å²) in [6.07, 6.45) is 16.6. The van der Waals surface area contributed by atoms with Crippen molar-refractivity contribution >= 4 is 0 Å². The molecule has 0 bridgehead atoms. The molecule has 2 unspecified atom stereocenters. The molecule has 1 heterocycles. The summed E-state index contributed by atoms with van der Waals surface area (Å²) < 4.78 is 6.44. The first-order valence-electron chi connectivity index (χ1n) is 8.63. The van der Waals surface area contributed by atoms with E-state index in [1.165, 1.54) is 77.0 Å². The molecule has 1 aliphatic carbocycles. The Morgan fingerprint density at radius 3 is 2.63 bits per heavy atom. The smallest absolute Gasteiger partial charge is 0.0687 e. The van der Waals surface area contributed by atoms with E-state index in [9.17, 15) is 0 Å². The number of nitrogens with one attached hydrogen (secondary N) is 1. The lowest BCUT2D eigenvalue weighted by molar-refractivity contribution is -0.0662. The highest BCUT2D eigenvalue weighted by molar-refractivity contribution is 4.91. The molecule has 0 aromatic carbocycles. The highest BCUT2D eigenvalue weighted by Gasteiger charge is 2.40. The van der Waals surface area contributed by atoms with E-state index in [2.05, 4.69) is 19.3 Å². The summed E-state index contributed by atoms with van der Waals surface area (Å²) in [5.74, 6) is 0. The van der Waals surface area contributed by atoms with Gasteiger partial charge in [0.15, 0.2) is 0 Å². The molecule has 112 valence electrons. The van der Waals surface area contributed by atoms with Crippen LogP contribution in [0.1, 0.15) is 84.0 Å². The van der Waals surface area contributed by atoms with Gasteiger partial charge in [-0.1, -0.05) is 32.6 Å². The summed E-state index contributed by atoms with van der Waals surface area (Å²) in [5, 5.41) is 3.44. The predicted molar refractivity (Wildman–Crippen MR) is 81.5 cm³/mol. The second kappa shape index (κ2) is 7.64. The Morgan fingerprint density at radius 1 is 1.16 bits per heavy atom. The van der Waals surface area contributed by atoms with Crippen LogP contribution in [0.15, 0.2) is 0 Å². The van der Waals surface area contributed by atoms with Gasteiger partial charge in [0.05, 0.1) is 11.7 Å². The van der Waals surface area contributed by atoms with Crippen LogP contribution >= 0.6 is 0 Å². The van der Waals surface area contributed by atoms with Gasteiger partial charge in [0, 0.05) is 6.04 Å². The van der Waals surface area contributed by atoms with Crippen molar-refractivity contribution in [2.24, 2.45) is 0 Å². The summed E-state index contributed by atoms with van der Waals surface area (Å²) in [5.41, 5.74) is 0.314. The SMILES string of the molecule is CCCC(CCCC1CCC2(CCCCC2)O1)NC. The molecule has 1 N–H and O–H groups in total. The summed E-state index contributed by atoms with van der Waals surface area (Å²) in [6.45, 7) is 2.28. The van der Waals surface area contributed by atoms with Crippen molar-refractivity contribution in [1.29, 1.82) is 0 Å². The largest absolute Gasteiger partial charge is 0.372 e. The van der Waals surface area contributed by atoms with Crippen molar-refractivity contribution in [2.45, 2.75) is 102 Å². The molecule has 1 saturated carbocycles. The molecular formula is C17H33NO. The molecule has 1 saturated heterocycles. The summed E-state index contributed by atoms with van der Waals surface area (Å²) >= 11 is 0. The Hall–Kier alpha value is -0.0800. The summed E-state index contributed by atoms with van der Waals surface area (Å²) in [7, 11) is 2.10. The standard InChI is InChI=1S/C17H33NO/c1-3-8-15(18-2)9-7-10-16-11-14-17(19-16)12-5-4-6-13-17/h15-16,18H,3-14H2,1-2H3. The van der Waals surface area contributed by atoms with E-state index < -0.39 is 0 Å². The van der Waals surface area contributed by atoms with Gasteiger partial charge in [-0.25, -0.2) is 0 Å². The average Bonchev–Trinajstić information content (AvgIpc) is 2.81. The highest BCUT2D eigenvalue weighted by atomic mass is 16.5. The van der Waals surface area contributed by atoms with E-state index in [4.69, 9.17) is 4.74 Å². The molecule has 1 aliphatic heterocycles. The second-order valence-electron chi connectivity index (χ2n) is 6.73. The van der Waals surface area contributed by atoms with Gasteiger partial charge >= 0.3 is 0 Å². The van der Waals surface area contributed by atoms with E-state index in [1.807, 2.05) is 0 Å². The van der Waals surface area contributed by atoms with Gasteiger partial charge in [0.2, 0.25) is 0 Å². The van der Waals surface area contributed by atoms with Crippen molar-refractivity contribution in [3.05, 3.63) is 0 Å². The maximum Gasteiger partial charge on any atom is 0.0687 e. The molecule has 0 aromatic heterocycles. The topological polar surface area (TPSA) is 21.3 Å². The van der Waals surface area contributed by atoms with Crippen LogP contribution in [0, 0.1) is 0 Å². The monoisotopic (exact) mass is 267 g/mol. The third-order valence-corrected chi connectivity index (χ3v) is 5.23. The molecule has 2 fully saturated rings. The van der Waals surface area contributed by atoms with E-state index in [0.29, 0.717) is 11.7 Å². The molecule has 0 amide bonds. The van der Waals surface area contributed by atoms with Crippen molar-refractivity contribution in [2.75, 3.05) is 7.05 Å². The third kappa shape index (κ3) is 4.46. The Bertz CT molecular complexity index is 248. The Balaban J connectivity index is 1.64. The van der Waals surface area contributed by atoms with E-state index >= 15 is 0 Å². The number of hydrogen-bond acceptors (Lipinski definition) is 2. The third-order valence-electron chi connectivity index (χ3n) is 5.23. The molecule has 2 rings (SSSR count). The number of hydrogen-bond donors (Lipinski definition) is 1. The van der Waals surface area contributed by atoms with Gasteiger partial charge in [-0.05, 0) is 58.4 Å². The predicted octanol–water partition coefficient (Wildman–Crippen LogP) is 4.43. The van der Waals surface area contributed by atoms with Crippen LogP contribution in [-0.2, 0) is 4.74 Å². The average molecular weight is 267 g/mol. The lowest BCUT2D eigenvalue weighted by Crippen LogP contribution is -2.31. The summed E-state index contributed by atoms with van der Waals surface area (Å²) in [4.78, 5) is 0. The van der Waals surface area contributed by atoms with Crippen LogP contribution in [0.5, 0.6) is 0 Å². The number of rotatable bonds is 7. The lowest BCUT2D eigenvalue weighted by atomic mass is 9.83. The van der Waals surface area contributed by atoms with Gasteiger partial charge in [-0.15, -0.1) is 0 Å². The zero-order chi connectivity index (χ0) is 13.6. The van der Waals surface area contributed by atoms with Crippen LogP contribution in [0.3, 0.4) is 0 Å². The molecule has 19 heavy (non-hydrogen) atoms. The van der Waals surface area contributed by atoms with Crippen molar-refractivity contribution in [1.82, 2.24) is 5.32 Å². The molecule has 0 aromatic rings. The van der Waals surface area contributed by atoms with Gasteiger partial charge in [-0.3, -0.25) is 0 Å². The zero-order valence-electron chi connectivity index (χ0n) is 13.0. The van der Waals surface area contributed by atoms with Crippen molar-refractivity contribution < 1.29 is 4.74 Å². The van der Waals surface area contributed by atoms with Crippen LogP contribution in [0.4, 0.5) is 0 Å². The Labute approximate surface area is 119 Å². The van der Waals surface area contributed by atoms with Crippen molar-refractivity contribution in [3.8, 4) is 0 Å². The minimum Gasteiger partial charge on any atom is -0.372 e. The maximum atomic E-state index is 6.44. The van der Waals surface area contributed by atoms with E-state index in [1.54, 1.807) is 0 Å². The molecular weight excluding hydrogens is 234 g/mol. The van der Waals surface area contributed by atoms with Gasteiger partial charge in [0.1, 0.15) is 0 Å². The van der Waals surface area contributed by atoms with Crippen LogP contribution in [-0.4, -0.2) is 24.8 Å². The van der Waals surface area contributed by atoms with Crippen LogP contribution < -0.4 is 5.32 Å². The fraction of sp³-hybridized carbons (Fsp3) is 1.00. The lowest BCUT2D eigenvalue weighted by Gasteiger charge is -2.33. The fourth-order valence-electron chi connectivity index (χ4n) is 4.04. The Kier molecular flexibility index (Phi) is 6.15. The minimum atomic E-state index is 0.314. The Morgan fingerprint density at radius 2 is 1.95 bits per heavy atom. The molecule has 0 radical (unpaired) electrons. The van der Waals surface area contributed by atoms with E-state index in [-0.39, 0.29) is 0 Å². The molecule has 2 heteroatoms. The first-order chi connectivity index (χ1) is 9.28. The fourth-order valence-corrected chi connectivity index (χ4v) is 4.04. The van der Waals surface area contributed by atoms with Crippen LogP contribution in [0.25, 0.3) is 0 Å². The molecule has 2 atom stereocenters. The first-order valence-corrected chi connectivity index (χ1v) is 8.63. The summed E-state index contributed by atoms with van der Waals surface area (Å²) in [6, 6.07) is 0.718. The zero-order valence-corrected chi connectivity index (χ0v) is 13.0. The maximum absolute atomic E-state index is 6.44. The first kappa shape index (κ1) is 15.3. The van der Waals surface area contributed by atoms with Gasteiger partial charge < -0.3 is 10.1 Å². The molecule has 2 aliphatic rings. The van der Waals surface area contributed by atoms with Crippen LogP contribution in [0.2, 0.25) is 0 Å². The van der Waals surface area contributed by atoms with E-state index in [0.717, 1.165) is 6.04 Å². The van der Waals surface area contributed by atoms with Gasteiger partial charge in [-0.2, -0.15) is 0 Å². The van der Waals surface area contributed by atoms with Crippen molar-refractivity contribution in [3.63, 3.8) is 0 Å². The minimum absolute atomic E-state index is 0.314. The second-order valence-corrected chi connectivity index (χ2v) is 6.73. The normalized spacial score (nSPS) is 27.8. The number of ether oxygens (including phenoxy) is 1. The van der Waals surface area contributed by atoms with Gasteiger partial charge in [0.25, 0.3) is 0 Å².